The van der Waals surface area contributed by atoms with Crippen LogP contribution in [0.25, 0.3) is 11.4 Å². The highest BCUT2D eigenvalue weighted by Gasteiger charge is 2.27. The predicted molar refractivity (Wildman–Crippen MR) is 142 cm³/mol. The van der Waals surface area contributed by atoms with Crippen molar-refractivity contribution >= 4 is 34.8 Å². The molecule has 0 spiro atoms. The van der Waals surface area contributed by atoms with Crippen LogP contribution in [0.4, 0.5) is 5.69 Å². The van der Waals surface area contributed by atoms with E-state index in [-0.39, 0.29) is 17.9 Å². The van der Waals surface area contributed by atoms with Crippen molar-refractivity contribution in [3.05, 3.63) is 64.0 Å². The largest absolute Gasteiger partial charge is 0.372 e. The Kier molecular flexibility index (Phi) is 7.79. The van der Waals surface area contributed by atoms with E-state index in [9.17, 15) is 4.79 Å². The van der Waals surface area contributed by atoms with Gasteiger partial charge in [0.25, 0.3) is 0 Å². The van der Waals surface area contributed by atoms with Crippen LogP contribution in [0.1, 0.15) is 50.1 Å². The van der Waals surface area contributed by atoms with Gasteiger partial charge < -0.3 is 14.7 Å². The van der Waals surface area contributed by atoms with Gasteiger partial charge in [-0.05, 0) is 81.6 Å². The molecule has 0 bridgehead atoms. The lowest BCUT2D eigenvalue weighted by Crippen LogP contribution is -2.40. The molecule has 9 heteroatoms. The summed E-state index contributed by atoms with van der Waals surface area (Å²) in [6, 6.07) is 13.8. The van der Waals surface area contributed by atoms with Gasteiger partial charge in [0.05, 0.1) is 17.6 Å². The van der Waals surface area contributed by atoms with Crippen LogP contribution in [0.3, 0.4) is 0 Å². The first-order chi connectivity index (χ1) is 17.5. The normalized spacial score (nSPS) is 17.9. The Labute approximate surface area is 221 Å². The Balaban J connectivity index is 1.10. The van der Waals surface area contributed by atoms with E-state index in [0.717, 1.165) is 44.6 Å². The van der Waals surface area contributed by atoms with Gasteiger partial charge in [-0.3, -0.25) is 9.69 Å². The number of piperidine rings is 1. The first-order valence-electron chi connectivity index (χ1n) is 12.6. The number of aromatic nitrogens is 2. The number of carbonyl (C=O) groups excluding carboxylic acids is 1. The summed E-state index contributed by atoms with van der Waals surface area (Å²) >= 11 is 12.2. The summed E-state index contributed by atoms with van der Waals surface area (Å²) < 4.78 is 5.45. The second-order valence-corrected chi connectivity index (χ2v) is 10.5. The molecule has 0 radical (unpaired) electrons. The summed E-state index contributed by atoms with van der Waals surface area (Å²) in [6.45, 7) is 6.47. The van der Waals surface area contributed by atoms with Gasteiger partial charge in [-0.25, -0.2) is 0 Å². The minimum Gasteiger partial charge on any atom is -0.372 e. The summed E-state index contributed by atoms with van der Waals surface area (Å²) in [5.74, 6) is 1.12. The van der Waals surface area contributed by atoms with E-state index < -0.39 is 0 Å². The summed E-state index contributed by atoms with van der Waals surface area (Å²) in [6.07, 6.45) is 4.13. The number of rotatable bonds is 7. The van der Waals surface area contributed by atoms with Crippen molar-refractivity contribution in [2.75, 3.05) is 31.1 Å². The Morgan fingerprint density at radius 1 is 1.08 bits per heavy atom. The third-order valence-corrected chi connectivity index (χ3v) is 7.73. The molecule has 3 aromatic rings. The standard InChI is InChI=1S/C27H31Cl2N5O2/c1-18(19-4-7-22(8-5-19)34-12-2-3-13-34)30-27(35)20-10-14-33(15-11-20)17-25-31-26(32-36-25)23-9-6-21(28)16-24(23)29/h4-9,16,18,20H,2-3,10-15,17H2,1H3,(H,30,35). The second-order valence-electron chi connectivity index (χ2n) is 9.70. The molecular formula is C27H31Cl2N5O2. The number of halogens is 2. The molecule has 1 amide bonds. The summed E-state index contributed by atoms with van der Waals surface area (Å²) in [5.41, 5.74) is 3.09. The van der Waals surface area contributed by atoms with Gasteiger partial charge in [-0.15, -0.1) is 0 Å². The molecule has 1 unspecified atom stereocenters. The molecule has 5 rings (SSSR count). The molecule has 2 aromatic carbocycles. The van der Waals surface area contributed by atoms with E-state index in [4.69, 9.17) is 27.7 Å². The van der Waals surface area contributed by atoms with Crippen molar-refractivity contribution in [2.45, 2.75) is 45.2 Å². The van der Waals surface area contributed by atoms with Gasteiger partial charge in [0, 0.05) is 35.3 Å². The van der Waals surface area contributed by atoms with Gasteiger partial charge in [-0.2, -0.15) is 4.98 Å². The van der Waals surface area contributed by atoms with Crippen molar-refractivity contribution in [3.8, 4) is 11.4 Å². The van der Waals surface area contributed by atoms with Crippen LogP contribution in [0.15, 0.2) is 47.0 Å². The minimum absolute atomic E-state index is 0.0127. The summed E-state index contributed by atoms with van der Waals surface area (Å²) in [7, 11) is 0. The molecule has 1 N–H and O–H groups in total. The SMILES string of the molecule is CC(NC(=O)C1CCN(Cc2nc(-c3ccc(Cl)cc3Cl)no2)CC1)c1ccc(N2CCCC2)cc1. The molecule has 0 aliphatic carbocycles. The van der Waals surface area contributed by atoms with Crippen LogP contribution in [0.2, 0.25) is 10.0 Å². The van der Waals surface area contributed by atoms with Crippen LogP contribution < -0.4 is 10.2 Å². The summed E-state index contributed by atoms with van der Waals surface area (Å²) in [4.78, 5) is 22.1. The van der Waals surface area contributed by atoms with Crippen molar-refractivity contribution in [1.82, 2.24) is 20.4 Å². The lowest BCUT2D eigenvalue weighted by atomic mass is 9.95. The summed E-state index contributed by atoms with van der Waals surface area (Å²) in [5, 5.41) is 8.33. The third-order valence-electron chi connectivity index (χ3n) is 7.18. The molecule has 3 heterocycles. The maximum Gasteiger partial charge on any atom is 0.241 e. The highest BCUT2D eigenvalue weighted by Crippen LogP contribution is 2.29. The zero-order valence-electron chi connectivity index (χ0n) is 20.4. The van der Waals surface area contributed by atoms with Crippen LogP contribution in [-0.4, -0.2) is 47.1 Å². The minimum atomic E-state index is -0.0142. The Bertz CT molecular complexity index is 1190. The van der Waals surface area contributed by atoms with E-state index in [0.29, 0.717) is 33.9 Å². The molecule has 190 valence electrons. The molecule has 36 heavy (non-hydrogen) atoms. The number of hydrogen-bond donors (Lipinski definition) is 1. The van der Waals surface area contributed by atoms with E-state index in [1.807, 2.05) is 0 Å². The first kappa shape index (κ1) is 25.1. The first-order valence-corrected chi connectivity index (χ1v) is 13.4. The number of amides is 1. The highest BCUT2D eigenvalue weighted by molar-refractivity contribution is 6.36. The second kappa shape index (κ2) is 11.2. The van der Waals surface area contributed by atoms with Gasteiger partial charge >= 0.3 is 0 Å². The zero-order valence-corrected chi connectivity index (χ0v) is 21.9. The number of carbonyl (C=O) groups is 1. The Hall–Kier alpha value is -2.61. The lowest BCUT2D eigenvalue weighted by molar-refractivity contribution is -0.127. The molecule has 7 nitrogen and oxygen atoms in total. The number of hydrogen-bond acceptors (Lipinski definition) is 6. The third kappa shape index (κ3) is 5.85. The fourth-order valence-electron chi connectivity index (χ4n) is 5.01. The molecule has 2 aliphatic heterocycles. The topological polar surface area (TPSA) is 74.5 Å². The number of anilines is 1. The monoisotopic (exact) mass is 527 g/mol. The maximum absolute atomic E-state index is 12.9. The fraction of sp³-hybridized carbons (Fsp3) is 0.444. The molecule has 2 fully saturated rings. The van der Waals surface area contributed by atoms with E-state index >= 15 is 0 Å². The van der Waals surface area contributed by atoms with Crippen molar-refractivity contribution in [2.24, 2.45) is 5.92 Å². The van der Waals surface area contributed by atoms with Crippen LogP contribution in [0.5, 0.6) is 0 Å². The number of likely N-dealkylation sites (tertiary alicyclic amines) is 1. The smallest absolute Gasteiger partial charge is 0.241 e. The van der Waals surface area contributed by atoms with E-state index in [1.54, 1.807) is 18.2 Å². The number of nitrogens with one attached hydrogen (secondary N) is 1. The van der Waals surface area contributed by atoms with Gasteiger partial charge in [0.2, 0.25) is 17.6 Å². The van der Waals surface area contributed by atoms with Crippen LogP contribution in [0, 0.1) is 5.92 Å². The quantitative estimate of drug-likeness (QED) is 0.422. The van der Waals surface area contributed by atoms with Crippen molar-refractivity contribution < 1.29 is 9.32 Å². The zero-order chi connectivity index (χ0) is 25.1. The average molecular weight is 528 g/mol. The molecule has 0 saturated carbocycles. The highest BCUT2D eigenvalue weighted by atomic mass is 35.5. The number of nitrogens with zero attached hydrogens (tertiary/aromatic N) is 4. The maximum atomic E-state index is 12.9. The molecule has 1 atom stereocenters. The van der Waals surface area contributed by atoms with Gasteiger partial charge in [0.15, 0.2) is 0 Å². The lowest BCUT2D eigenvalue weighted by Gasteiger charge is -2.31. The molecular weight excluding hydrogens is 497 g/mol. The Morgan fingerprint density at radius 2 is 1.81 bits per heavy atom. The molecule has 2 saturated heterocycles. The van der Waals surface area contributed by atoms with Crippen LogP contribution in [-0.2, 0) is 11.3 Å². The van der Waals surface area contributed by atoms with Crippen LogP contribution >= 0.6 is 23.2 Å². The number of benzene rings is 2. The van der Waals surface area contributed by atoms with Gasteiger partial charge in [0.1, 0.15) is 0 Å². The predicted octanol–water partition coefficient (Wildman–Crippen LogP) is 5.73. The van der Waals surface area contributed by atoms with E-state index in [1.165, 1.54) is 18.5 Å². The fourth-order valence-corrected chi connectivity index (χ4v) is 5.50. The van der Waals surface area contributed by atoms with E-state index in [2.05, 4.69) is 56.4 Å². The average Bonchev–Trinajstić information content (AvgIpc) is 3.57. The molecule has 2 aliphatic rings. The molecule has 1 aromatic heterocycles. The van der Waals surface area contributed by atoms with Gasteiger partial charge in [-0.1, -0.05) is 40.5 Å². The van der Waals surface area contributed by atoms with Crippen molar-refractivity contribution in [1.29, 1.82) is 0 Å². The Morgan fingerprint density at radius 3 is 2.50 bits per heavy atom. The van der Waals surface area contributed by atoms with Crippen molar-refractivity contribution in [3.63, 3.8) is 0 Å².